The van der Waals surface area contributed by atoms with Crippen LogP contribution in [0.2, 0.25) is 0 Å². The number of rotatable bonds is 6. The van der Waals surface area contributed by atoms with E-state index in [1.165, 1.54) is 0 Å². The molecule has 0 bridgehead atoms. The fourth-order valence-corrected chi connectivity index (χ4v) is 3.75. The standard InChI is InChI=1S/C20H29N5O2/c1-5-24(14(2)16-7-6-8-18(13-16)27-4)20(26)19-15(3)25(23-22-19)17-9-11-21-12-10-17/h6-8,13-14,17,21H,5,9-12H2,1-4H3. The smallest absolute Gasteiger partial charge is 0.276 e. The van der Waals surface area contributed by atoms with Crippen LogP contribution in [0.4, 0.5) is 0 Å². The molecule has 1 aliphatic rings. The summed E-state index contributed by atoms with van der Waals surface area (Å²) in [6.07, 6.45) is 2.02. The fourth-order valence-electron chi connectivity index (χ4n) is 3.75. The number of nitrogens with zero attached hydrogens (tertiary/aromatic N) is 4. The molecule has 1 saturated heterocycles. The largest absolute Gasteiger partial charge is 0.497 e. The van der Waals surface area contributed by atoms with Gasteiger partial charge in [0.1, 0.15) is 5.75 Å². The number of methoxy groups -OCH3 is 1. The normalized spacial score (nSPS) is 16.1. The minimum atomic E-state index is -0.0824. The molecule has 1 atom stereocenters. The first-order valence-electron chi connectivity index (χ1n) is 9.64. The molecule has 3 rings (SSSR count). The van der Waals surface area contributed by atoms with Crippen LogP contribution in [0.3, 0.4) is 0 Å². The Morgan fingerprint density at radius 3 is 2.81 bits per heavy atom. The van der Waals surface area contributed by atoms with E-state index < -0.39 is 0 Å². The third-order valence-corrected chi connectivity index (χ3v) is 5.43. The average Bonchev–Trinajstić information content (AvgIpc) is 3.10. The van der Waals surface area contributed by atoms with Crippen LogP contribution >= 0.6 is 0 Å². The van der Waals surface area contributed by atoms with Gasteiger partial charge >= 0.3 is 0 Å². The average molecular weight is 371 g/mol. The number of hydrogen-bond acceptors (Lipinski definition) is 5. The molecule has 1 fully saturated rings. The third-order valence-electron chi connectivity index (χ3n) is 5.43. The SMILES string of the molecule is CCN(C(=O)c1nnn(C2CCNCC2)c1C)C(C)c1cccc(OC)c1. The Labute approximate surface area is 160 Å². The van der Waals surface area contributed by atoms with E-state index in [0.29, 0.717) is 18.3 Å². The van der Waals surface area contributed by atoms with Gasteiger partial charge in [0, 0.05) is 6.54 Å². The minimum Gasteiger partial charge on any atom is -0.497 e. The van der Waals surface area contributed by atoms with Crippen molar-refractivity contribution >= 4 is 5.91 Å². The minimum absolute atomic E-state index is 0.0782. The van der Waals surface area contributed by atoms with Gasteiger partial charge in [-0.3, -0.25) is 4.79 Å². The highest BCUT2D eigenvalue weighted by Crippen LogP contribution is 2.26. The Hall–Kier alpha value is -2.41. The van der Waals surface area contributed by atoms with E-state index in [2.05, 4.69) is 15.6 Å². The molecule has 1 N–H and O–H groups in total. The van der Waals surface area contributed by atoms with Crippen LogP contribution in [-0.4, -0.2) is 52.5 Å². The van der Waals surface area contributed by atoms with E-state index in [1.807, 2.05) is 54.6 Å². The Morgan fingerprint density at radius 1 is 1.41 bits per heavy atom. The first-order chi connectivity index (χ1) is 13.1. The van der Waals surface area contributed by atoms with Gasteiger partial charge in [0.25, 0.3) is 5.91 Å². The summed E-state index contributed by atoms with van der Waals surface area (Å²) in [6, 6.07) is 8.07. The lowest BCUT2D eigenvalue weighted by molar-refractivity contribution is 0.0695. The van der Waals surface area contributed by atoms with E-state index in [9.17, 15) is 4.79 Å². The Bertz CT molecular complexity index is 782. The highest BCUT2D eigenvalue weighted by molar-refractivity contribution is 5.93. The van der Waals surface area contributed by atoms with Crippen LogP contribution in [0.25, 0.3) is 0 Å². The summed E-state index contributed by atoms with van der Waals surface area (Å²) in [5, 5.41) is 11.9. The summed E-state index contributed by atoms with van der Waals surface area (Å²) in [5.41, 5.74) is 2.33. The summed E-state index contributed by atoms with van der Waals surface area (Å²) >= 11 is 0. The van der Waals surface area contributed by atoms with Gasteiger partial charge in [0.2, 0.25) is 0 Å². The molecule has 1 amide bonds. The molecule has 0 saturated carbocycles. The number of aromatic nitrogens is 3. The Balaban J connectivity index is 1.83. The molecule has 7 heteroatoms. The van der Waals surface area contributed by atoms with E-state index in [1.54, 1.807) is 7.11 Å². The monoisotopic (exact) mass is 371 g/mol. The van der Waals surface area contributed by atoms with Crippen molar-refractivity contribution in [3.05, 3.63) is 41.2 Å². The van der Waals surface area contributed by atoms with Gasteiger partial charge in [-0.1, -0.05) is 17.3 Å². The molecule has 7 nitrogen and oxygen atoms in total. The van der Waals surface area contributed by atoms with E-state index in [4.69, 9.17) is 4.74 Å². The predicted molar refractivity (Wildman–Crippen MR) is 104 cm³/mol. The molecule has 1 aliphatic heterocycles. The van der Waals surface area contributed by atoms with Gasteiger partial charge in [-0.15, -0.1) is 5.10 Å². The fraction of sp³-hybridized carbons (Fsp3) is 0.550. The number of hydrogen-bond donors (Lipinski definition) is 1. The van der Waals surface area contributed by atoms with Crippen LogP contribution in [0.15, 0.2) is 24.3 Å². The van der Waals surface area contributed by atoms with Crippen LogP contribution in [0.5, 0.6) is 5.75 Å². The molecule has 1 unspecified atom stereocenters. The van der Waals surface area contributed by atoms with Crippen molar-refractivity contribution < 1.29 is 9.53 Å². The summed E-state index contributed by atoms with van der Waals surface area (Å²) in [6.45, 7) is 8.50. The molecule has 1 aromatic heterocycles. The van der Waals surface area contributed by atoms with Gasteiger partial charge in [-0.05, 0) is 64.4 Å². The van der Waals surface area contributed by atoms with Gasteiger partial charge < -0.3 is 15.0 Å². The van der Waals surface area contributed by atoms with Crippen LogP contribution < -0.4 is 10.1 Å². The van der Waals surface area contributed by atoms with Gasteiger partial charge in [-0.2, -0.15) is 0 Å². The second kappa shape index (κ2) is 8.52. The van der Waals surface area contributed by atoms with Crippen molar-refractivity contribution in [1.29, 1.82) is 0 Å². The third kappa shape index (κ3) is 3.98. The van der Waals surface area contributed by atoms with Crippen LogP contribution in [0.1, 0.15) is 60.5 Å². The van der Waals surface area contributed by atoms with Crippen LogP contribution in [-0.2, 0) is 0 Å². The molecule has 2 heterocycles. The second-order valence-electron chi connectivity index (χ2n) is 6.99. The van der Waals surface area contributed by atoms with E-state index in [0.717, 1.165) is 42.9 Å². The van der Waals surface area contributed by atoms with Crippen LogP contribution in [0, 0.1) is 6.92 Å². The van der Waals surface area contributed by atoms with Gasteiger partial charge in [0.15, 0.2) is 5.69 Å². The maximum Gasteiger partial charge on any atom is 0.276 e. The van der Waals surface area contributed by atoms with Crippen molar-refractivity contribution in [2.24, 2.45) is 0 Å². The molecule has 0 spiro atoms. The topological polar surface area (TPSA) is 72.3 Å². The maximum absolute atomic E-state index is 13.2. The zero-order valence-electron chi connectivity index (χ0n) is 16.6. The molecule has 0 aliphatic carbocycles. The molecule has 2 aromatic rings. The maximum atomic E-state index is 13.2. The predicted octanol–water partition coefficient (Wildman–Crippen LogP) is 2.74. The zero-order valence-corrected chi connectivity index (χ0v) is 16.6. The molecule has 0 radical (unpaired) electrons. The number of amides is 1. The summed E-state index contributed by atoms with van der Waals surface area (Å²) < 4.78 is 7.25. The summed E-state index contributed by atoms with van der Waals surface area (Å²) in [7, 11) is 1.65. The molecule has 146 valence electrons. The molecule has 27 heavy (non-hydrogen) atoms. The Morgan fingerprint density at radius 2 is 2.15 bits per heavy atom. The second-order valence-corrected chi connectivity index (χ2v) is 6.99. The van der Waals surface area contributed by atoms with Crippen molar-refractivity contribution in [3.8, 4) is 5.75 Å². The number of nitrogens with one attached hydrogen (secondary N) is 1. The lowest BCUT2D eigenvalue weighted by atomic mass is 10.1. The number of benzene rings is 1. The van der Waals surface area contributed by atoms with E-state index in [-0.39, 0.29) is 11.9 Å². The summed E-state index contributed by atoms with van der Waals surface area (Å²) in [4.78, 5) is 15.1. The van der Waals surface area contributed by atoms with Gasteiger partial charge in [-0.25, -0.2) is 4.68 Å². The molecular formula is C20H29N5O2. The number of piperidine rings is 1. The zero-order chi connectivity index (χ0) is 19.4. The quantitative estimate of drug-likeness (QED) is 0.845. The first-order valence-corrected chi connectivity index (χ1v) is 9.64. The highest BCUT2D eigenvalue weighted by atomic mass is 16.5. The lowest BCUT2D eigenvalue weighted by Gasteiger charge is -2.28. The number of carbonyl (C=O) groups excluding carboxylic acids is 1. The van der Waals surface area contributed by atoms with Gasteiger partial charge in [0.05, 0.1) is 24.9 Å². The number of carbonyl (C=O) groups is 1. The van der Waals surface area contributed by atoms with E-state index >= 15 is 0 Å². The molecule has 1 aromatic carbocycles. The van der Waals surface area contributed by atoms with Crippen molar-refractivity contribution in [2.45, 2.75) is 45.7 Å². The lowest BCUT2D eigenvalue weighted by Crippen LogP contribution is -2.34. The van der Waals surface area contributed by atoms with Crippen molar-refractivity contribution in [1.82, 2.24) is 25.2 Å². The van der Waals surface area contributed by atoms with Crippen molar-refractivity contribution in [3.63, 3.8) is 0 Å². The molecular weight excluding hydrogens is 342 g/mol. The van der Waals surface area contributed by atoms with Crippen molar-refractivity contribution in [2.75, 3.05) is 26.7 Å². The highest BCUT2D eigenvalue weighted by Gasteiger charge is 2.28. The number of ether oxygens (including phenoxy) is 1. The summed E-state index contributed by atoms with van der Waals surface area (Å²) in [5.74, 6) is 0.710. The first kappa shape index (κ1) is 19.4. The Kier molecular flexibility index (Phi) is 6.11.